The Hall–Kier alpha value is -7.68. The number of hydrogen-bond acceptors (Lipinski definition) is 2. The number of fused-ring (bicyclic) bond motifs is 6. The molecule has 0 unspecified atom stereocenters. The molecule has 272 valence electrons. The number of nitrogens with zero attached hydrogens (tertiary/aromatic N) is 1. The van der Waals surface area contributed by atoms with Gasteiger partial charge in [-0.3, -0.25) is 0 Å². The number of benzene rings is 10. The van der Waals surface area contributed by atoms with Crippen molar-refractivity contribution in [2.45, 2.75) is 0 Å². The van der Waals surface area contributed by atoms with Crippen LogP contribution in [-0.2, 0) is 0 Å². The summed E-state index contributed by atoms with van der Waals surface area (Å²) < 4.78 is 6.93. The molecule has 11 aromatic rings. The van der Waals surface area contributed by atoms with Gasteiger partial charge in [-0.2, -0.15) is 0 Å². The van der Waals surface area contributed by atoms with E-state index in [1.165, 1.54) is 44.2 Å². The fourth-order valence-electron chi connectivity index (χ4n) is 8.66. The van der Waals surface area contributed by atoms with Gasteiger partial charge in [-0.25, -0.2) is 0 Å². The van der Waals surface area contributed by atoms with Crippen molar-refractivity contribution in [3.05, 3.63) is 224 Å². The molecule has 0 aliphatic heterocycles. The summed E-state index contributed by atoms with van der Waals surface area (Å²) in [5.41, 5.74) is 14.4. The quantitative estimate of drug-likeness (QED) is 0.162. The Labute approximate surface area is 337 Å². The van der Waals surface area contributed by atoms with E-state index in [-0.39, 0.29) is 0 Å². The summed E-state index contributed by atoms with van der Waals surface area (Å²) in [5.74, 6) is 0. The third-order valence-corrected chi connectivity index (χ3v) is 11.4. The van der Waals surface area contributed by atoms with E-state index in [0.29, 0.717) is 0 Å². The molecule has 10 aromatic carbocycles. The first-order valence-electron chi connectivity index (χ1n) is 19.8. The molecule has 1 aromatic heterocycles. The van der Waals surface area contributed by atoms with E-state index in [9.17, 15) is 0 Å². The van der Waals surface area contributed by atoms with Crippen molar-refractivity contribution in [1.29, 1.82) is 0 Å². The molecule has 0 radical (unpaired) electrons. The summed E-state index contributed by atoms with van der Waals surface area (Å²) >= 11 is 0. The van der Waals surface area contributed by atoms with Crippen LogP contribution in [0.25, 0.3) is 88.0 Å². The fourth-order valence-corrected chi connectivity index (χ4v) is 8.66. The van der Waals surface area contributed by atoms with Crippen molar-refractivity contribution < 1.29 is 4.42 Å². The highest BCUT2D eigenvalue weighted by Crippen LogP contribution is 2.48. The lowest BCUT2D eigenvalue weighted by atomic mass is 9.93. The summed E-state index contributed by atoms with van der Waals surface area (Å²) in [6.45, 7) is 0. The molecule has 0 amide bonds. The van der Waals surface area contributed by atoms with Gasteiger partial charge in [0.25, 0.3) is 0 Å². The van der Waals surface area contributed by atoms with Crippen LogP contribution < -0.4 is 4.90 Å². The Bertz CT molecular complexity index is 3270. The Morgan fingerprint density at radius 3 is 1.71 bits per heavy atom. The first-order valence-corrected chi connectivity index (χ1v) is 19.8. The van der Waals surface area contributed by atoms with Crippen LogP contribution in [0.4, 0.5) is 17.1 Å². The lowest BCUT2D eigenvalue weighted by Crippen LogP contribution is -2.11. The maximum atomic E-state index is 6.93. The van der Waals surface area contributed by atoms with Crippen molar-refractivity contribution in [2.75, 3.05) is 4.90 Å². The van der Waals surface area contributed by atoms with Gasteiger partial charge in [0, 0.05) is 22.0 Å². The van der Waals surface area contributed by atoms with Crippen molar-refractivity contribution in [1.82, 2.24) is 0 Å². The lowest BCUT2D eigenvalue weighted by molar-refractivity contribution is 0.672. The first-order chi connectivity index (χ1) is 28.8. The zero-order valence-corrected chi connectivity index (χ0v) is 31.7. The second kappa shape index (κ2) is 14.1. The number of rotatable bonds is 7. The van der Waals surface area contributed by atoms with E-state index in [1.807, 2.05) is 0 Å². The molecule has 0 bridgehead atoms. The van der Waals surface area contributed by atoms with E-state index in [4.69, 9.17) is 4.42 Å². The van der Waals surface area contributed by atoms with Crippen LogP contribution >= 0.6 is 0 Å². The molecule has 0 aliphatic rings. The van der Waals surface area contributed by atoms with E-state index < -0.39 is 0 Å². The Morgan fingerprint density at radius 2 is 0.897 bits per heavy atom. The van der Waals surface area contributed by atoms with Crippen LogP contribution in [0, 0.1) is 0 Å². The average molecular weight is 740 g/mol. The van der Waals surface area contributed by atoms with Crippen LogP contribution in [0.5, 0.6) is 0 Å². The predicted octanol–water partition coefficient (Wildman–Crippen LogP) is 16.0. The van der Waals surface area contributed by atoms with Crippen molar-refractivity contribution in [3.8, 4) is 44.5 Å². The molecule has 0 aliphatic carbocycles. The number of furan rings is 1. The van der Waals surface area contributed by atoms with Gasteiger partial charge in [-0.05, 0) is 97.6 Å². The van der Waals surface area contributed by atoms with Gasteiger partial charge in [0.05, 0.1) is 16.8 Å². The van der Waals surface area contributed by atoms with Gasteiger partial charge in [0.15, 0.2) is 0 Å². The molecule has 0 fully saturated rings. The minimum absolute atomic E-state index is 0.850. The van der Waals surface area contributed by atoms with Crippen LogP contribution in [0.3, 0.4) is 0 Å². The number of para-hydroxylation sites is 1. The Morgan fingerprint density at radius 1 is 0.310 bits per heavy atom. The molecule has 58 heavy (non-hydrogen) atoms. The molecule has 0 saturated carbocycles. The molecule has 1 heterocycles. The van der Waals surface area contributed by atoms with E-state index in [2.05, 4.69) is 229 Å². The molecule has 0 saturated heterocycles. The largest absolute Gasteiger partial charge is 0.455 e. The second-order valence-corrected chi connectivity index (χ2v) is 14.9. The molecule has 2 heteroatoms. The summed E-state index contributed by atoms with van der Waals surface area (Å²) in [6, 6.07) is 80.6. The van der Waals surface area contributed by atoms with Crippen molar-refractivity contribution in [3.63, 3.8) is 0 Å². The van der Waals surface area contributed by atoms with Crippen LogP contribution in [0.2, 0.25) is 0 Å². The fraction of sp³-hybridized carbons (Fsp3) is 0. The van der Waals surface area contributed by atoms with Gasteiger partial charge < -0.3 is 9.32 Å². The van der Waals surface area contributed by atoms with E-state index in [1.54, 1.807) is 0 Å². The van der Waals surface area contributed by atoms with Crippen molar-refractivity contribution >= 4 is 60.5 Å². The number of hydrogen-bond donors (Lipinski definition) is 0. The SMILES string of the molecule is c1ccc(-c2ccc(-c3ccccc3N(c3ccc4ccccc4c3)c3cccc4oc5c6ccccc6c(-c6cccc(-c7ccccc7)c6)cc5c34)cc2)cc1. The lowest BCUT2D eigenvalue weighted by Gasteiger charge is -2.29. The highest BCUT2D eigenvalue weighted by atomic mass is 16.3. The Kier molecular flexibility index (Phi) is 8.19. The summed E-state index contributed by atoms with van der Waals surface area (Å²) in [7, 11) is 0. The van der Waals surface area contributed by atoms with Gasteiger partial charge in [-0.15, -0.1) is 0 Å². The molecular weight excluding hydrogens is 703 g/mol. The van der Waals surface area contributed by atoms with Crippen LogP contribution in [0.1, 0.15) is 0 Å². The van der Waals surface area contributed by atoms with Gasteiger partial charge >= 0.3 is 0 Å². The number of anilines is 3. The van der Waals surface area contributed by atoms with Crippen LogP contribution in [0.15, 0.2) is 229 Å². The molecule has 0 spiro atoms. The summed E-state index contributed by atoms with van der Waals surface area (Å²) in [5, 5.41) is 6.81. The topological polar surface area (TPSA) is 16.4 Å². The van der Waals surface area contributed by atoms with Gasteiger partial charge in [-0.1, -0.05) is 182 Å². The minimum atomic E-state index is 0.850. The molecule has 0 N–H and O–H groups in total. The Balaban J connectivity index is 1.16. The second-order valence-electron chi connectivity index (χ2n) is 14.9. The third kappa shape index (κ3) is 5.82. The smallest absolute Gasteiger partial charge is 0.143 e. The third-order valence-electron chi connectivity index (χ3n) is 11.4. The zero-order chi connectivity index (χ0) is 38.4. The standard InChI is InChI=1S/C56H37NO/c1-3-15-38(16-4-1)41-29-31-42(32-30-41)47-23-11-12-26-52(47)57(46-34-33-40-19-7-8-20-44(40)36-46)53-27-14-28-54-55(53)51-37-50(48-24-9-10-25-49(48)56(51)58-54)45-22-13-21-43(35-45)39-17-5-2-6-18-39/h1-37H. The minimum Gasteiger partial charge on any atom is -0.455 e. The van der Waals surface area contributed by atoms with Crippen LogP contribution in [-0.4, -0.2) is 0 Å². The van der Waals surface area contributed by atoms with Crippen molar-refractivity contribution in [2.24, 2.45) is 0 Å². The van der Waals surface area contributed by atoms with E-state index in [0.717, 1.165) is 60.9 Å². The molecular formula is C56H37NO. The summed E-state index contributed by atoms with van der Waals surface area (Å²) in [4.78, 5) is 2.43. The maximum Gasteiger partial charge on any atom is 0.143 e. The highest BCUT2D eigenvalue weighted by molar-refractivity contribution is 6.23. The van der Waals surface area contributed by atoms with Gasteiger partial charge in [0.1, 0.15) is 11.2 Å². The molecule has 11 rings (SSSR count). The maximum absolute atomic E-state index is 6.93. The predicted molar refractivity (Wildman–Crippen MR) is 245 cm³/mol. The summed E-state index contributed by atoms with van der Waals surface area (Å²) in [6.07, 6.45) is 0. The zero-order valence-electron chi connectivity index (χ0n) is 31.7. The van der Waals surface area contributed by atoms with Gasteiger partial charge in [0.2, 0.25) is 0 Å². The molecule has 0 atom stereocenters. The normalized spacial score (nSPS) is 11.4. The van der Waals surface area contributed by atoms with E-state index >= 15 is 0 Å². The first kappa shape index (κ1) is 33.6. The monoisotopic (exact) mass is 739 g/mol. The molecule has 2 nitrogen and oxygen atoms in total. The highest BCUT2D eigenvalue weighted by Gasteiger charge is 2.24. The average Bonchev–Trinajstić information content (AvgIpc) is 3.69.